The molecule has 1 aromatic carbocycles. The van der Waals surface area contributed by atoms with Crippen LogP contribution in [0, 0.1) is 5.92 Å². The van der Waals surface area contributed by atoms with Crippen molar-refractivity contribution in [3.63, 3.8) is 0 Å². The Bertz CT molecular complexity index is 412. The highest BCUT2D eigenvalue weighted by Gasteiger charge is 2.16. The highest BCUT2D eigenvalue weighted by molar-refractivity contribution is 5.72. The lowest BCUT2D eigenvalue weighted by Gasteiger charge is -2.23. The molecule has 112 valence electrons. The molecule has 0 fully saturated rings. The molecule has 0 bridgehead atoms. The fourth-order valence-corrected chi connectivity index (χ4v) is 2.23. The van der Waals surface area contributed by atoms with Gasteiger partial charge in [0, 0.05) is 13.1 Å². The number of benzene rings is 1. The first-order valence-corrected chi connectivity index (χ1v) is 7.36. The Morgan fingerprint density at radius 2 is 1.80 bits per heavy atom. The Morgan fingerprint density at radius 3 is 2.25 bits per heavy atom. The maximum atomic E-state index is 11.5. The number of carbonyl (C=O) groups is 1. The fraction of sp³-hybridized carbons (Fsp3) is 0.588. The van der Waals surface area contributed by atoms with Gasteiger partial charge in [-0.15, -0.1) is 0 Å². The number of hydrogen-bond donors (Lipinski definition) is 0. The van der Waals surface area contributed by atoms with Gasteiger partial charge in [0.25, 0.3) is 0 Å². The molecular weight excluding hydrogens is 250 g/mol. The van der Waals surface area contributed by atoms with Gasteiger partial charge in [0.2, 0.25) is 0 Å². The maximum Gasteiger partial charge on any atom is 0.309 e. The fourth-order valence-electron chi connectivity index (χ4n) is 2.23. The van der Waals surface area contributed by atoms with Crippen LogP contribution in [0.15, 0.2) is 24.3 Å². The number of nitrogens with zero attached hydrogens (tertiary/aromatic N) is 1. The van der Waals surface area contributed by atoms with Crippen molar-refractivity contribution in [3.05, 3.63) is 35.4 Å². The number of rotatable bonds is 7. The molecule has 0 N–H and O–H groups in total. The van der Waals surface area contributed by atoms with E-state index in [-0.39, 0.29) is 11.9 Å². The largest absolute Gasteiger partial charge is 0.469 e. The van der Waals surface area contributed by atoms with Gasteiger partial charge in [-0.3, -0.25) is 9.69 Å². The second kappa shape index (κ2) is 8.05. The third-order valence-electron chi connectivity index (χ3n) is 3.64. The summed E-state index contributed by atoms with van der Waals surface area (Å²) >= 11 is 0. The molecule has 1 aromatic rings. The van der Waals surface area contributed by atoms with Gasteiger partial charge in [-0.25, -0.2) is 0 Å². The van der Waals surface area contributed by atoms with Crippen molar-refractivity contribution in [1.82, 2.24) is 4.90 Å². The van der Waals surface area contributed by atoms with E-state index >= 15 is 0 Å². The summed E-state index contributed by atoms with van der Waals surface area (Å²) in [5.74, 6) is 0.333. The second-order valence-corrected chi connectivity index (χ2v) is 5.65. The molecule has 0 aromatic heterocycles. The van der Waals surface area contributed by atoms with Gasteiger partial charge in [-0.1, -0.05) is 52.0 Å². The summed E-state index contributed by atoms with van der Waals surface area (Å²) in [5, 5.41) is 0. The van der Waals surface area contributed by atoms with E-state index in [1.165, 1.54) is 18.2 Å². The summed E-state index contributed by atoms with van der Waals surface area (Å²) in [7, 11) is 1.44. The quantitative estimate of drug-likeness (QED) is 0.715. The van der Waals surface area contributed by atoms with Crippen molar-refractivity contribution >= 4 is 5.97 Å². The first-order chi connectivity index (χ1) is 9.47. The molecule has 0 heterocycles. The molecule has 0 aliphatic heterocycles. The zero-order chi connectivity index (χ0) is 15.1. The maximum absolute atomic E-state index is 11.5. The molecule has 0 saturated heterocycles. The minimum atomic E-state index is -0.140. The van der Waals surface area contributed by atoms with Crippen LogP contribution in [0.4, 0.5) is 0 Å². The molecule has 0 aliphatic carbocycles. The predicted molar refractivity (Wildman–Crippen MR) is 82.7 cm³/mol. The van der Waals surface area contributed by atoms with Crippen LogP contribution in [-0.2, 0) is 16.1 Å². The van der Waals surface area contributed by atoms with Crippen molar-refractivity contribution in [1.29, 1.82) is 0 Å². The van der Waals surface area contributed by atoms with Crippen molar-refractivity contribution in [2.24, 2.45) is 5.92 Å². The predicted octanol–water partition coefficient (Wildman–Crippen LogP) is 3.44. The summed E-state index contributed by atoms with van der Waals surface area (Å²) in [6.07, 6.45) is 0. The topological polar surface area (TPSA) is 29.5 Å². The number of esters is 1. The molecule has 20 heavy (non-hydrogen) atoms. The zero-order valence-electron chi connectivity index (χ0n) is 13.3. The van der Waals surface area contributed by atoms with Crippen LogP contribution in [0.2, 0.25) is 0 Å². The summed E-state index contributed by atoms with van der Waals surface area (Å²) in [6, 6.07) is 8.75. The molecular formula is C17H27NO2. The van der Waals surface area contributed by atoms with E-state index in [1.54, 1.807) is 0 Å². The minimum absolute atomic E-state index is 0.0881. The Morgan fingerprint density at radius 1 is 1.20 bits per heavy atom. The van der Waals surface area contributed by atoms with Crippen LogP contribution < -0.4 is 0 Å². The highest BCUT2D eigenvalue weighted by Crippen LogP contribution is 2.16. The van der Waals surface area contributed by atoms with Crippen LogP contribution >= 0.6 is 0 Å². The van der Waals surface area contributed by atoms with Crippen LogP contribution in [0.5, 0.6) is 0 Å². The standard InChI is InChI=1S/C17H27NO2/c1-6-18(11-14(4)17(19)20-5)12-15-7-9-16(10-8-15)13(2)3/h7-10,13-14H,6,11-12H2,1-5H3. The van der Waals surface area contributed by atoms with E-state index in [2.05, 4.69) is 49.9 Å². The first-order valence-electron chi connectivity index (χ1n) is 7.36. The molecule has 3 nitrogen and oxygen atoms in total. The summed E-state index contributed by atoms with van der Waals surface area (Å²) < 4.78 is 4.78. The van der Waals surface area contributed by atoms with Gasteiger partial charge in [0.1, 0.15) is 0 Å². The average molecular weight is 277 g/mol. The van der Waals surface area contributed by atoms with Crippen molar-refractivity contribution in [2.45, 2.75) is 40.2 Å². The molecule has 3 heteroatoms. The average Bonchev–Trinajstić information content (AvgIpc) is 2.45. The number of carbonyl (C=O) groups excluding carboxylic acids is 1. The lowest BCUT2D eigenvalue weighted by molar-refractivity contribution is -0.145. The van der Waals surface area contributed by atoms with Crippen molar-refractivity contribution in [2.75, 3.05) is 20.2 Å². The minimum Gasteiger partial charge on any atom is -0.469 e. The highest BCUT2D eigenvalue weighted by atomic mass is 16.5. The van der Waals surface area contributed by atoms with Crippen molar-refractivity contribution < 1.29 is 9.53 Å². The normalized spacial score (nSPS) is 12.8. The second-order valence-electron chi connectivity index (χ2n) is 5.65. The summed E-state index contributed by atoms with van der Waals surface area (Å²) in [5.41, 5.74) is 2.65. The molecule has 0 radical (unpaired) electrons. The van der Waals surface area contributed by atoms with Gasteiger partial charge < -0.3 is 4.74 Å². The Kier molecular flexibility index (Phi) is 6.73. The SMILES string of the molecule is CCN(Cc1ccc(C(C)C)cc1)CC(C)C(=O)OC. The molecule has 0 amide bonds. The number of ether oxygens (including phenoxy) is 1. The van der Waals surface area contributed by atoms with Crippen LogP contribution in [-0.4, -0.2) is 31.1 Å². The van der Waals surface area contributed by atoms with E-state index in [4.69, 9.17) is 4.74 Å². The van der Waals surface area contributed by atoms with E-state index in [0.717, 1.165) is 19.6 Å². The number of methoxy groups -OCH3 is 1. The lowest BCUT2D eigenvalue weighted by Crippen LogP contribution is -2.31. The molecule has 0 spiro atoms. The molecule has 1 atom stereocenters. The van der Waals surface area contributed by atoms with Crippen molar-refractivity contribution in [3.8, 4) is 0 Å². The number of hydrogen-bond acceptors (Lipinski definition) is 3. The van der Waals surface area contributed by atoms with E-state index in [0.29, 0.717) is 5.92 Å². The van der Waals surface area contributed by atoms with Crippen LogP contribution in [0.3, 0.4) is 0 Å². The monoisotopic (exact) mass is 277 g/mol. The molecule has 0 aliphatic rings. The third kappa shape index (κ3) is 4.97. The summed E-state index contributed by atoms with van der Waals surface area (Å²) in [6.45, 7) is 11.0. The smallest absolute Gasteiger partial charge is 0.309 e. The van der Waals surface area contributed by atoms with Gasteiger partial charge >= 0.3 is 5.97 Å². The van der Waals surface area contributed by atoms with Gasteiger partial charge in [0.15, 0.2) is 0 Å². The van der Waals surface area contributed by atoms with E-state index < -0.39 is 0 Å². The lowest BCUT2D eigenvalue weighted by atomic mass is 10.0. The molecule has 1 rings (SSSR count). The van der Waals surface area contributed by atoms with Gasteiger partial charge in [-0.2, -0.15) is 0 Å². The van der Waals surface area contributed by atoms with Crippen LogP contribution in [0.1, 0.15) is 44.7 Å². The third-order valence-corrected chi connectivity index (χ3v) is 3.64. The first kappa shape index (κ1) is 16.7. The molecule has 1 unspecified atom stereocenters. The van der Waals surface area contributed by atoms with E-state index in [1.807, 2.05) is 6.92 Å². The Balaban J connectivity index is 2.61. The molecule has 0 saturated carbocycles. The Hall–Kier alpha value is -1.35. The van der Waals surface area contributed by atoms with Gasteiger partial charge in [0.05, 0.1) is 13.0 Å². The zero-order valence-corrected chi connectivity index (χ0v) is 13.3. The Labute approximate surface area is 122 Å². The van der Waals surface area contributed by atoms with E-state index in [9.17, 15) is 4.79 Å². The summed E-state index contributed by atoms with van der Waals surface area (Å²) in [4.78, 5) is 13.8. The van der Waals surface area contributed by atoms with Gasteiger partial charge in [-0.05, 0) is 23.6 Å². The van der Waals surface area contributed by atoms with Crippen LogP contribution in [0.25, 0.3) is 0 Å².